The van der Waals surface area contributed by atoms with Crippen LogP contribution in [0.15, 0.2) is 36.7 Å². The van der Waals surface area contributed by atoms with Crippen molar-refractivity contribution < 1.29 is 9.59 Å². The molecule has 28 heavy (non-hydrogen) atoms. The first-order valence-corrected chi connectivity index (χ1v) is 9.22. The van der Waals surface area contributed by atoms with Gasteiger partial charge in [-0.15, -0.1) is 0 Å². The third-order valence-electron chi connectivity index (χ3n) is 4.78. The number of hydrogen-bond acceptors (Lipinski definition) is 4. The molecule has 0 atom stereocenters. The second kappa shape index (κ2) is 7.80. The van der Waals surface area contributed by atoms with E-state index in [0.29, 0.717) is 5.56 Å². The van der Waals surface area contributed by atoms with Crippen molar-refractivity contribution in [1.82, 2.24) is 19.7 Å². The van der Waals surface area contributed by atoms with Crippen LogP contribution in [0.1, 0.15) is 41.4 Å². The normalized spacial score (nSPS) is 11.1. The van der Waals surface area contributed by atoms with Crippen molar-refractivity contribution in [2.45, 2.75) is 33.7 Å². The molecule has 0 aliphatic heterocycles. The van der Waals surface area contributed by atoms with Crippen LogP contribution in [0.4, 0.5) is 5.69 Å². The molecule has 2 heterocycles. The highest BCUT2D eigenvalue weighted by Gasteiger charge is 2.18. The number of benzene rings is 1. The van der Waals surface area contributed by atoms with E-state index < -0.39 is 0 Å². The third-order valence-corrected chi connectivity index (χ3v) is 4.78. The van der Waals surface area contributed by atoms with E-state index >= 15 is 0 Å². The van der Waals surface area contributed by atoms with Crippen molar-refractivity contribution in [1.29, 1.82) is 0 Å². The Hall–Kier alpha value is -3.22. The molecule has 0 spiro atoms. The maximum atomic E-state index is 12.7. The lowest BCUT2D eigenvalue weighted by atomic mass is 10.1. The minimum absolute atomic E-state index is 0.0461. The maximum absolute atomic E-state index is 12.7. The number of fused-ring (bicyclic) bond motifs is 1. The lowest BCUT2D eigenvalue weighted by Gasteiger charge is -2.18. The summed E-state index contributed by atoms with van der Waals surface area (Å²) in [4.78, 5) is 30.9. The second-order valence-electron chi connectivity index (χ2n) is 7.28. The number of rotatable bonds is 5. The minimum Gasteiger partial charge on any atom is -0.332 e. The predicted molar refractivity (Wildman–Crippen MR) is 109 cm³/mol. The molecule has 146 valence electrons. The fourth-order valence-corrected chi connectivity index (χ4v) is 3.02. The molecular formula is C21H25N5O2. The van der Waals surface area contributed by atoms with Gasteiger partial charge in [0.05, 0.1) is 18.3 Å². The molecule has 3 aromatic rings. The fraction of sp³-hybridized carbons (Fsp3) is 0.333. The first kappa shape index (κ1) is 19.5. The van der Waals surface area contributed by atoms with Crippen molar-refractivity contribution in [3.8, 4) is 0 Å². The molecule has 7 heteroatoms. The van der Waals surface area contributed by atoms with Crippen molar-refractivity contribution >= 4 is 28.5 Å². The molecule has 0 fully saturated rings. The van der Waals surface area contributed by atoms with Crippen molar-refractivity contribution in [3.05, 3.63) is 53.3 Å². The molecule has 0 saturated heterocycles. The molecule has 0 aliphatic carbocycles. The highest BCUT2D eigenvalue weighted by molar-refractivity contribution is 6.00. The van der Waals surface area contributed by atoms with Gasteiger partial charge in [-0.1, -0.05) is 12.1 Å². The summed E-state index contributed by atoms with van der Waals surface area (Å²) in [5.74, 6) is -0.506. The van der Waals surface area contributed by atoms with E-state index in [9.17, 15) is 9.59 Å². The van der Waals surface area contributed by atoms with Gasteiger partial charge in [0.25, 0.3) is 5.91 Å². The first-order valence-electron chi connectivity index (χ1n) is 9.22. The first-order chi connectivity index (χ1) is 13.3. The van der Waals surface area contributed by atoms with Gasteiger partial charge in [0.15, 0.2) is 5.65 Å². The molecule has 0 radical (unpaired) electrons. The largest absolute Gasteiger partial charge is 0.332 e. The number of hydrogen-bond donors (Lipinski definition) is 1. The molecule has 1 aromatic carbocycles. The van der Waals surface area contributed by atoms with Gasteiger partial charge < -0.3 is 10.2 Å². The fourth-order valence-electron chi connectivity index (χ4n) is 3.02. The van der Waals surface area contributed by atoms with Gasteiger partial charge in [-0.3, -0.25) is 9.59 Å². The highest BCUT2D eigenvalue weighted by atomic mass is 16.2. The molecule has 2 aromatic heterocycles. The van der Waals surface area contributed by atoms with Crippen molar-refractivity contribution in [2.75, 3.05) is 18.9 Å². The summed E-state index contributed by atoms with van der Waals surface area (Å²) in [5, 5.41) is 7.99. The smallest absolute Gasteiger partial charge is 0.255 e. The zero-order valence-corrected chi connectivity index (χ0v) is 16.9. The minimum atomic E-state index is -0.261. The van der Waals surface area contributed by atoms with Gasteiger partial charge in [0, 0.05) is 30.4 Å². The summed E-state index contributed by atoms with van der Waals surface area (Å²) in [6, 6.07) is 7.68. The van der Waals surface area contributed by atoms with Gasteiger partial charge in [0.1, 0.15) is 0 Å². The van der Waals surface area contributed by atoms with Crippen LogP contribution in [0, 0.1) is 13.8 Å². The van der Waals surface area contributed by atoms with Crippen LogP contribution >= 0.6 is 0 Å². The van der Waals surface area contributed by atoms with Gasteiger partial charge in [-0.05, 0) is 51.0 Å². The van der Waals surface area contributed by atoms with Crippen LogP contribution in [0.2, 0.25) is 0 Å². The lowest BCUT2D eigenvalue weighted by Crippen LogP contribution is -2.35. The van der Waals surface area contributed by atoms with Gasteiger partial charge in [0.2, 0.25) is 5.91 Å². The number of aromatic nitrogens is 3. The number of aryl methyl sites for hydroxylation is 1. The van der Waals surface area contributed by atoms with E-state index in [2.05, 4.69) is 15.4 Å². The van der Waals surface area contributed by atoms with Crippen LogP contribution in [-0.2, 0) is 4.79 Å². The van der Waals surface area contributed by atoms with E-state index in [1.807, 2.05) is 50.6 Å². The second-order valence-corrected chi connectivity index (χ2v) is 7.28. The number of nitrogens with zero attached hydrogens (tertiary/aromatic N) is 4. The summed E-state index contributed by atoms with van der Waals surface area (Å²) < 4.78 is 1.81. The summed E-state index contributed by atoms with van der Waals surface area (Å²) in [7, 11) is 1.60. The number of nitrogens with one attached hydrogen (secondary N) is 1. The van der Waals surface area contributed by atoms with E-state index in [0.717, 1.165) is 27.8 Å². The van der Waals surface area contributed by atoms with Gasteiger partial charge >= 0.3 is 0 Å². The summed E-state index contributed by atoms with van der Waals surface area (Å²) in [6.45, 7) is 7.95. The van der Waals surface area contributed by atoms with Crippen LogP contribution in [0.25, 0.3) is 11.0 Å². The van der Waals surface area contributed by atoms with Crippen molar-refractivity contribution in [3.63, 3.8) is 0 Å². The summed E-state index contributed by atoms with van der Waals surface area (Å²) >= 11 is 0. The molecule has 2 amide bonds. The molecule has 1 N–H and O–H groups in total. The van der Waals surface area contributed by atoms with Crippen LogP contribution in [-0.4, -0.2) is 45.1 Å². The Morgan fingerprint density at radius 1 is 1.21 bits per heavy atom. The maximum Gasteiger partial charge on any atom is 0.255 e. The quantitative estimate of drug-likeness (QED) is 0.737. The predicted octanol–water partition coefficient (Wildman–Crippen LogP) is 3.34. The van der Waals surface area contributed by atoms with E-state index in [1.54, 1.807) is 19.3 Å². The van der Waals surface area contributed by atoms with Crippen LogP contribution in [0.3, 0.4) is 0 Å². The summed E-state index contributed by atoms with van der Waals surface area (Å²) in [5.41, 5.74) is 4.04. The number of carbonyl (C=O) groups excluding carboxylic acids is 2. The number of amides is 2. The molecule has 0 bridgehead atoms. The highest BCUT2D eigenvalue weighted by Crippen LogP contribution is 2.19. The number of anilines is 1. The third kappa shape index (κ3) is 3.88. The standard InChI is InChI=1S/C21H25N5O2/c1-13(2)26-20-16(11-23-26)9-17(10-22-20)21(28)25(5)12-19(27)24-18-8-6-7-14(3)15(18)4/h6-11,13H,12H2,1-5H3,(H,24,27). The lowest BCUT2D eigenvalue weighted by molar-refractivity contribution is -0.116. The number of carbonyl (C=O) groups is 2. The summed E-state index contributed by atoms with van der Waals surface area (Å²) in [6.07, 6.45) is 3.23. The SMILES string of the molecule is Cc1cccc(NC(=O)CN(C)C(=O)c2cnc3c(cnn3C(C)C)c2)c1C. The Balaban J connectivity index is 1.71. The van der Waals surface area contributed by atoms with E-state index in [1.165, 1.54) is 11.1 Å². The monoisotopic (exact) mass is 379 g/mol. The molecule has 7 nitrogen and oxygen atoms in total. The Bertz CT molecular complexity index is 1040. The zero-order valence-electron chi connectivity index (χ0n) is 16.9. The molecule has 0 aliphatic rings. The zero-order chi connectivity index (χ0) is 20.4. The van der Waals surface area contributed by atoms with E-state index in [4.69, 9.17) is 0 Å². The average Bonchev–Trinajstić information content (AvgIpc) is 3.08. The molecule has 0 saturated carbocycles. The molecular weight excluding hydrogens is 354 g/mol. The Labute approximate surface area is 164 Å². The van der Waals surface area contributed by atoms with E-state index in [-0.39, 0.29) is 24.4 Å². The van der Waals surface area contributed by atoms with Gasteiger partial charge in [-0.2, -0.15) is 5.10 Å². The van der Waals surface area contributed by atoms with Crippen LogP contribution < -0.4 is 5.32 Å². The van der Waals surface area contributed by atoms with Crippen molar-refractivity contribution in [2.24, 2.45) is 0 Å². The average molecular weight is 379 g/mol. The number of likely N-dealkylation sites (N-methyl/N-ethyl adjacent to an activating group) is 1. The van der Waals surface area contributed by atoms with Crippen LogP contribution in [0.5, 0.6) is 0 Å². The molecule has 0 unspecified atom stereocenters. The topological polar surface area (TPSA) is 80.1 Å². The van der Waals surface area contributed by atoms with Gasteiger partial charge in [-0.25, -0.2) is 9.67 Å². The Morgan fingerprint density at radius 2 is 1.96 bits per heavy atom. The number of pyridine rings is 1. The Morgan fingerprint density at radius 3 is 2.68 bits per heavy atom. The Kier molecular flexibility index (Phi) is 5.44. The molecule has 3 rings (SSSR count).